The van der Waals surface area contributed by atoms with E-state index in [0.717, 1.165) is 10.9 Å². The van der Waals surface area contributed by atoms with E-state index in [1.54, 1.807) is 12.3 Å². The number of pyridine rings is 1. The van der Waals surface area contributed by atoms with E-state index in [1.807, 2.05) is 24.3 Å². The Morgan fingerprint density at radius 1 is 1.24 bits per heavy atom. The predicted molar refractivity (Wildman–Crippen MR) is 65.7 cm³/mol. The van der Waals surface area contributed by atoms with Crippen LogP contribution in [0.2, 0.25) is 0 Å². The van der Waals surface area contributed by atoms with Crippen molar-refractivity contribution < 1.29 is 9.59 Å². The molecule has 0 fully saturated rings. The third-order valence-corrected chi connectivity index (χ3v) is 2.33. The number of anilines is 1. The molecule has 2 rings (SSSR count). The van der Waals surface area contributed by atoms with Gasteiger partial charge < -0.3 is 5.32 Å². The molecule has 0 radical (unpaired) electrons. The number of hydrogen-bond donors (Lipinski definition) is 1. The number of carbonyl (C=O) groups excluding carboxylic acids is 2. The predicted octanol–water partition coefficient (Wildman–Crippen LogP) is 2.15. The van der Waals surface area contributed by atoms with E-state index in [0.29, 0.717) is 5.69 Å². The van der Waals surface area contributed by atoms with Crippen LogP contribution in [0.4, 0.5) is 5.69 Å². The Hall–Kier alpha value is -2.23. The second kappa shape index (κ2) is 4.74. The molecule has 0 atom stereocenters. The van der Waals surface area contributed by atoms with E-state index in [2.05, 4.69) is 10.3 Å². The van der Waals surface area contributed by atoms with Crippen LogP contribution < -0.4 is 5.32 Å². The van der Waals surface area contributed by atoms with Crippen LogP contribution in [0.15, 0.2) is 36.5 Å². The van der Waals surface area contributed by atoms with Crippen LogP contribution in [0.1, 0.15) is 13.3 Å². The molecule has 1 heterocycles. The first-order valence-electron chi connectivity index (χ1n) is 5.30. The summed E-state index contributed by atoms with van der Waals surface area (Å²) in [6.07, 6.45) is 1.60. The fourth-order valence-electron chi connectivity index (χ4n) is 1.63. The monoisotopic (exact) mass is 228 g/mol. The minimum absolute atomic E-state index is 0.101. The average molecular weight is 228 g/mol. The second-order valence-corrected chi connectivity index (χ2v) is 3.80. The highest BCUT2D eigenvalue weighted by Gasteiger charge is 2.07. The minimum Gasteiger partial charge on any atom is -0.325 e. The lowest BCUT2D eigenvalue weighted by atomic mass is 10.1. The Morgan fingerprint density at radius 3 is 2.82 bits per heavy atom. The zero-order chi connectivity index (χ0) is 12.3. The van der Waals surface area contributed by atoms with Gasteiger partial charge in [0.25, 0.3) is 0 Å². The van der Waals surface area contributed by atoms with Gasteiger partial charge in [-0.05, 0) is 31.2 Å². The molecule has 0 spiro atoms. The number of Topliss-reactive ketones (excluding diaryl/α,β-unsaturated/α-hetero) is 1. The summed E-state index contributed by atoms with van der Waals surface area (Å²) in [6.45, 7) is 1.39. The van der Waals surface area contributed by atoms with Gasteiger partial charge in [-0.1, -0.05) is 6.07 Å². The standard InChI is InChI=1S/C13H12N2O2/c1-9(16)8-13(17)15-12-6-2-5-11-10(12)4-3-7-14-11/h2-7H,8H2,1H3,(H,15,17). The number of amides is 1. The van der Waals surface area contributed by atoms with Crippen molar-refractivity contribution in [2.75, 3.05) is 5.32 Å². The summed E-state index contributed by atoms with van der Waals surface area (Å²) in [5.74, 6) is -0.449. The number of ketones is 1. The first-order valence-corrected chi connectivity index (χ1v) is 5.30. The number of carbonyl (C=O) groups is 2. The number of fused-ring (bicyclic) bond motifs is 1. The zero-order valence-corrected chi connectivity index (χ0v) is 9.43. The molecule has 0 saturated carbocycles. The van der Waals surface area contributed by atoms with Gasteiger partial charge in [0.2, 0.25) is 5.91 Å². The Labute approximate surface area is 98.7 Å². The third-order valence-electron chi connectivity index (χ3n) is 2.33. The summed E-state index contributed by atoms with van der Waals surface area (Å²) >= 11 is 0. The van der Waals surface area contributed by atoms with Crippen LogP contribution in [-0.4, -0.2) is 16.7 Å². The Kier molecular flexibility index (Phi) is 3.14. The van der Waals surface area contributed by atoms with Crippen LogP contribution in [0.25, 0.3) is 10.9 Å². The number of benzene rings is 1. The van der Waals surface area contributed by atoms with E-state index >= 15 is 0 Å². The zero-order valence-electron chi connectivity index (χ0n) is 9.43. The maximum Gasteiger partial charge on any atom is 0.231 e. The number of rotatable bonds is 3. The molecule has 0 unspecified atom stereocenters. The maximum atomic E-state index is 11.5. The van der Waals surface area contributed by atoms with E-state index in [1.165, 1.54) is 6.92 Å². The first-order chi connectivity index (χ1) is 8.16. The van der Waals surface area contributed by atoms with Crippen molar-refractivity contribution in [3.8, 4) is 0 Å². The van der Waals surface area contributed by atoms with Crippen molar-refractivity contribution in [2.24, 2.45) is 0 Å². The Balaban J connectivity index is 2.30. The van der Waals surface area contributed by atoms with Crippen LogP contribution >= 0.6 is 0 Å². The lowest BCUT2D eigenvalue weighted by Gasteiger charge is -2.07. The first kappa shape index (κ1) is 11.3. The molecule has 0 aliphatic heterocycles. The quantitative estimate of drug-likeness (QED) is 0.819. The van der Waals surface area contributed by atoms with E-state index in [4.69, 9.17) is 0 Å². The van der Waals surface area contributed by atoms with Gasteiger partial charge >= 0.3 is 0 Å². The van der Waals surface area contributed by atoms with Crippen molar-refractivity contribution in [3.63, 3.8) is 0 Å². The summed E-state index contributed by atoms with van der Waals surface area (Å²) in [6, 6.07) is 9.17. The van der Waals surface area contributed by atoms with Crippen LogP contribution in [0.3, 0.4) is 0 Å². The fraction of sp³-hybridized carbons (Fsp3) is 0.154. The molecule has 4 heteroatoms. The lowest BCUT2D eigenvalue weighted by Crippen LogP contribution is -2.14. The molecule has 86 valence electrons. The summed E-state index contributed by atoms with van der Waals surface area (Å²) in [4.78, 5) is 26.5. The minimum atomic E-state index is -0.297. The molecule has 1 amide bonds. The van der Waals surface area contributed by atoms with E-state index < -0.39 is 0 Å². The van der Waals surface area contributed by atoms with Gasteiger partial charge in [0.15, 0.2) is 0 Å². The summed E-state index contributed by atoms with van der Waals surface area (Å²) in [7, 11) is 0. The molecule has 2 aromatic rings. The Morgan fingerprint density at radius 2 is 2.06 bits per heavy atom. The normalized spacial score (nSPS) is 10.2. The summed E-state index contributed by atoms with van der Waals surface area (Å²) in [5.41, 5.74) is 1.50. The summed E-state index contributed by atoms with van der Waals surface area (Å²) < 4.78 is 0. The van der Waals surface area contributed by atoms with E-state index in [-0.39, 0.29) is 18.1 Å². The molecule has 1 aromatic heterocycles. The lowest BCUT2D eigenvalue weighted by molar-refractivity contribution is -0.124. The molecular formula is C13H12N2O2. The molecular weight excluding hydrogens is 216 g/mol. The van der Waals surface area contributed by atoms with Gasteiger partial charge in [0, 0.05) is 11.6 Å². The van der Waals surface area contributed by atoms with Crippen molar-refractivity contribution in [2.45, 2.75) is 13.3 Å². The number of nitrogens with zero attached hydrogens (tertiary/aromatic N) is 1. The van der Waals surface area contributed by atoms with E-state index in [9.17, 15) is 9.59 Å². The van der Waals surface area contributed by atoms with Crippen LogP contribution in [-0.2, 0) is 9.59 Å². The van der Waals surface area contributed by atoms with Gasteiger partial charge in [0.05, 0.1) is 17.6 Å². The highest BCUT2D eigenvalue weighted by molar-refractivity contribution is 6.07. The third kappa shape index (κ3) is 2.66. The largest absolute Gasteiger partial charge is 0.325 e. The molecule has 1 N–H and O–H groups in total. The number of hydrogen-bond acceptors (Lipinski definition) is 3. The summed E-state index contributed by atoms with van der Waals surface area (Å²) in [5, 5.41) is 3.58. The Bertz CT molecular complexity index is 573. The smallest absolute Gasteiger partial charge is 0.231 e. The van der Waals surface area contributed by atoms with Gasteiger partial charge in [-0.3, -0.25) is 14.6 Å². The van der Waals surface area contributed by atoms with Crippen molar-refractivity contribution in [1.29, 1.82) is 0 Å². The van der Waals surface area contributed by atoms with Crippen molar-refractivity contribution in [3.05, 3.63) is 36.5 Å². The topological polar surface area (TPSA) is 59.1 Å². The van der Waals surface area contributed by atoms with Gasteiger partial charge in [0.1, 0.15) is 5.78 Å². The van der Waals surface area contributed by atoms with Crippen molar-refractivity contribution >= 4 is 28.3 Å². The maximum absolute atomic E-state index is 11.5. The molecule has 0 aliphatic rings. The SMILES string of the molecule is CC(=O)CC(=O)Nc1cccc2ncccc12. The number of aromatic nitrogens is 1. The fourth-order valence-corrected chi connectivity index (χ4v) is 1.63. The second-order valence-electron chi connectivity index (χ2n) is 3.80. The molecule has 4 nitrogen and oxygen atoms in total. The van der Waals surface area contributed by atoms with Gasteiger partial charge in [-0.15, -0.1) is 0 Å². The number of nitrogens with one attached hydrogen (secondary N) is 1. The molecule has 1 aromatic carbocycles. The van der Waals surface area contributed by atoms with Gasteiger partial charge in [-0.2, -0.15) is 0 Å². The molecule has 0 saturated heterocycles. The molecule has 17 heavy (non-hydrogen) atoms. The highest BCUT2D eigenvalue weighted by atomic mass is 16.2. The highest BCUT2D eigenvalue weighted by Crippen LogP contribution is 2.21. The van der Waals surface area contributed by atoms with Crippen LogP contribution in [0, 0.1) is 0 Å². The molecule has 0 bridgehead atoms. The van der Waals surface area contributed by atoms with Crippen LogP contribution in [0.5, 0.6) is 0 Å². The van der Waals surface area contributed by atoms with Gasteiger partial charge in [-0.25, -0.2) is 0 Å². The van der Waals surface area contributed by atoms with Crippen molar-refractivity contribution in [1.82, 2.24) is 4.98 Å². The average Bonchev–Trinajstić information content (AvgIpc) is 2.28. The molecule has 0 aliphatic carbocycles.